The fourth-order valence-corrected chi connectivity index (χ4v) is 2.42. The Balaban J connectivity index is 1.86. The topological polar surface area (TPSA) is 12.0 Å². The van der Waals surface area contributed by atoms with Gasteiger partial charge in [0.05, 0.1) is 0 Å². The molecule has 1 N–H and O–H groups in total. The largest absolute Gasteiger partial charge is 0.310 e. The summed E-state index contributed by atoms with van der Waals surface area (Å²) >= 11 is 3.44. The third-order valence-electron chi connectivity index (χ3n) is 3.33. The van der Waals surface area contributed by atoms with E-state index in [9.17, 15) is 4.39 Å². The van der Waals surface area contributed by atoms with Gasteiger partial charge in [-0.2, -0.15) is 0 Å². The highest BCUT2D eigenvalue weighted by atomic mass is 79.9. The first kappa shape index (κ1) is 15.2. The SMILES string of the molecule is Cc1cc(CNC(C)Cc2ccc(Br)cc2)ccc1F. The Morgan fingerprint density at radius 3 is 2.40 bits per heavy atom. The summed E-state index contributed by atoms with van der Waals surface area (Å²) in [6.07, 6.45) is 0.980. The summed E-state index contributed by atoms with van der Waals surface area (Å²) in [5.74, 6) is -0.142. The molecule has 0 bridgehead atoms. The number of rotatable bonds is 5. The van der Waals surface area contributed by atoms with E-state index in [2.05, 4.69) is 52.4 Å². The van der Waals surface area contributed by atoms with Gasteiger partial charge in [-0.1, -0.05) is 40.2 Å². The van der Waals surface area contributed by atoms with E-state index >= 15 is 0 Å². The van der Waals surface area contributed by atoms with Crippen molar-refractivity contribution >= 4 is 15.9 Å². The molecule has 2 aromatic carbocycles. The van der Waals surface area contributed by atoms with Crippen LogP contribution >= 0.6 is 15.9 Å². The van der Waals surface area contributed by atoms with E-state index < -0.39 is 0 Å². The minimum absolute atomic E-state index is 0.142. The normalized spacial score (nSPS) is 12.4. The molecule has 0 aromatic heterocycles. The highest BCUT2D eigenvalue weighted by molar-refractivity contribution is 9.10. The second-order valence-corrected chi connectivity index (χ2v) is 6.11. The van der Waals surface area contributed by atoms with Gasteiger partial charge < -0.3 is 5.32 Å². The van der Waals surface area contributed by atoms with Crippen LogP contribution in [0.3, 0.4) is 0 Å². The van der Waals surface area contributed by atoms with Crippen LogP contribution in [0, 0.1) is 12.7 Å². The van der Waals surface area contributed by atoms with Crippen LogP contribution in [-0.4, -0.2) is 6.04 Å². The zero-order chi connectivity index (χ0) is 14.5. The molecule has 1 nitrogen and oxygen atoms in total. The molecule has 0 spiro atoms. The molecule has 0 amide bonds. The predicted octanol–water partition coefficient (Wildman–Crippen LogP) is 4.62. The van der Waals surface area contributed by atoms with Gasteiger partial charge in [-0.15, -0.1) is 0 Å². The van der Waals surface area contributed by atoms with Crippen LogP contribution in [0.1, 0.15) is 23.6 Å². The molecule has 0 saturated carbocycles. The van der Waals surface area contributed by atoms with Crippen LogP contribution in [0.15, 0.2) is 46.9 Å². The van der Waals surface area contributed by atoms with E-state index in [1.807, 2.05) is 12.1 Å². The monoisotopic (exact) mass is 335 g/mol. The summed E-state index contributed by atoms with van der Waals surface area (Å²) in [5.41, 5.74) is 3.12. The first-order chi connectivity index (χ1) is 9.54. The van der Waals surface area contributed by atoms with Crippen molar-refractivity contribution in [1.82, 2.24) is 5.32 Å². The van der Waals surface area contributed by atoms with Crippen molar-refractivity contribution in [1.29, 1.82) is 0 Å². The van der Waals surface area contributed by atoms with Gasteiger partial charge in [0.2, 0.25) is 0 Å². The molecule has 2 aromatic rings. The molecular weight excluding hydrogens is 317 g/mol. The maximum atomic E-state index is 13.2. The Hall–Kier alpha value is -1.19. The van der Waals surface area contributed by atoms with Crippen LogP contribution in [0.5, 0.6) is 0 Å². The van der Waals surface area contributed by atoms with Crippen molar-refractivity contribution < 1.29 is 4.39 Å². The number of hydrogen-bond acceptors (Lipinski definition) is 1. The lowest BCUT2D eigenvalue weighted by molar-refractivity contribution is 0.544. The fraction of sp³-hybridized carbons (Fsp3) is 0.294. The van der Waals surface area contributed by atoms with Gasteiger partial charge >= 0.3 is 0 Å². The summed E-state index contributed by atoms with van der Waals surface area (Å²) in [6.45, 7) is 4.72. The van der Waals surface area contributed by atoms with Gasteiger partial charge in [0.25, 0.3) is 0 Å². The molecule has 0 aliphatic carbocycles. The van der Waals surface area contributed by atoms with Crippen molar-refractivity contribution in [3.05, 3.63) is 69.4 Å². The molecule has 0 aliphatic rings. The third-order valence-corrected chi connectivity index (χ3v) is 3.86. The number of benzene rings is 2. The second kappa shape index (κ2) is 7.00. The molecule has 0 fully saturated rings. The van der Waals surface area contributed by atoms with Gasteiger partial charge in [-0.05, 0) is 55.2 Å². The summed E-state index contributed by atoms with van der Waals surface area (Å²) in [6, 6.07) is 14.0. The average Bonchev–Trinajstić information content (AvgIpc) is 2.43. The molecule has 1 unspecified atom stereocenters. The molecule has 1 atom stereocenters. The number of hydrogen-bond donors (Lipinski definition) is 1. The Kier molecular flexibility index (Phi) is 5.32. The van der Waals surface area contributed by atoms with Crippen molar-refractivity contribution in [3.63, 3.8) is 0 Å². The summed E-state index contributed by atoms with van der Waals surface area (Å²) in [4.78, 5) is 0. The zero-order valence-corrected chi connectivity index (χ0v) is 13.4. The minimum Gasteiger partial charge on any atom is -0.310 e. The lowest BCUT2D eigenvalue weighted by atomic mass is 10.1. The predicted molar refractivity (Wildman–Crippen MR) is 85.3 cm³/mol. The summed E-state index contributed by atoms with van der Waals surface area (Å²) in [5, 5.41) is 3.47. The first-order valence-electron chi connectivity index (χ1n) is 6.77. The van der Waals surface area contributed by atoms with Crippen molar-refractivity contribution in [2.75, 3.05) is 0 Å². The molecule has 0 aliphatic heterocycles. The number of nitrogens with one attached hydrogen (secondary N) is 1. The molecule has 0 heterocycles. The Labute approximate surface area is 128 Å². The Morgan fingerprint density at radius 1 is 1.10 bits per heavy atom. The minimum atomic E-state index is -0.142. The quantitative estimate of drug-likeness (QED) is 0.840. The molecule has 0 saturated heterocycles. The van der Waals surface area contributed by atoms with Crippen LogP contribution in [0.25, 0.3) is 0 Å². The lowest BCUT2D eigenvalue weighted by Gasteiger charge is -2.14. The molecule has 2 rings (SSSR count). The van der Waals surface area contributed by atoms with Crippen molar-refractivity contribution in [2.45, 2.75) is 32.9 Å². The van der Waals surface area contributed by atoms with Crippen LogP contribution in [0.4, 0.5) is 4.39 Å². The smallest absolute Gasteiger partial charge is 0.126 e. The standard InChI is InChI=1S/C17H19BrFN/c1-12-9-15(5-8-17(12)19)11-20-13(2)10-14-3-6-16(18)7-4-14/h3-9,13,20H,10-11H2,1-2H3. The van der Waals surface area contributed by atoms with Crippen molar-refractivity contribution in [2.24, 2.45) is 0 Å². The van der Waals surface area contributed by atoms with Crippen LogP contribution in [-0.2, 0) is 13.0 Å². The van der Waals surface area contributed by atoms with Crippen LogP contribution < -0.4 is 5.32 Å². The highest BCUT2D eigenvalue weighted by Crippen LogP contribution is 2.13. The summed E-state index contributed by atoms with van der Waals surface area (Å²) in [7, 11) is 0. The van der Waals surface area contributed by atoms with Gasteiger partial charge in [0, 0.05) is 17.1 Å². The van der Waals surface area contributed by atoms with Gasteiger partial charge in [-0.25, -0.2) is 4.39 Å². The van der Waals surface area contributed by atoms with Crippen LogP contribution in [0.2, 0.25) is 0 Å². The molecule has 20 heavy (non-hydrogen) atoms. The average molecular weight is 336 g/mol. The summed E-state index contributed by atoms with van der Waals surface area (Å²) < 4.78 is 14.3. The fourth-order valence-electron chi connectivity index (χ4n) is 2.16. The Morgan fingerprint density at radius 2 is 1.75 bits per heavy atom. The van der Waals surface area contributed by atoms with Crippen molar-refractivity contribution in [3.8, 4) is 0 Å². The van der Waals surface area contributed by atoms with E-state index in [-0.39, 0.29) is 5.82 Å². The van der Waals surface area contributed by atoms with E-state index in [1.54, 1.807) is 6.92 Å². The maximum Gasteiger partial charge on any atom is 0.126 e. The maximum absolute atomic E-state index is 13.2. The highest BCUT2D eigenvalue weighted by Gasteiger charge is 2.04. The molecule has 106 valence electrons. The zero-order valence-electron chi connectivity index (χ0n) is 11.8. The number of aryl methyl sites for hydroxylation is 1. The number of halogens is 2. The van der Waals surface area contributed by atoms with Gasteiger partial charge in [-0.3, -0.25) is 0 Å². The Bertz CT molecular complexity index is 566. The second-order valence-electron chi connectivity index (χ2n) is 5.20. The van der Waals surface area contributed by atoms with E-state index in [1.165, 1.54) is 11.6 Å². The van der Waals surface area contributed by atoms with E-state index in [0.717, 1.165) is 23.0 Å². The van der Waals surface area contributed by atoms with Gasteiger partial charge in [0.1, 0.15) is 5.82 Å². The molecule has 3 heteroatoms. The van der Waals surface area contributed by atoms with E-state index in [0.29, 0.717) is 11.6 Å². The van der Waals surface area contributed by atoms with E-state index in [4.69, 9.17) is 0 Å². The first-order valence-corrected chi connectivity index (χ1v) is 7.57. The molecular formula is C17H19BrFN. The molecule has 0 radical (unpaired) electrons. The third kappa shape index (κ3) is 4.43. The van der Waals surface area contributed by atoms with Gasteiger partial charge in [0.15, 0.2) is 0 Å². The lowest BCUT2D eigenvalue weighted by Crippen LogP contribution is -2.27.